The zero-order valence-corrected chi connectivity index (χ0v) is 10.6. The van der Waals surface area contributed by atoms with Crippen molar-refractivity contribution in [2.45, 2.75) is 18.8 Å². The molecule has 1 aromatic heterocycles. The van der Waals surface area contributed by atoms with E-state index in [0.717, 1.165) is 0 Å². The molecule has 1 saturated heterocycles. The van der Waals surface area contributed by atoms with Gasteiger partial charge < -0.3 is 30.1 Å². The maximum atomic E-state index is 11.7. The Balaban J connectivity index is 1.75. The number of β-amino-alcohol motifs (C(OH)–C–C–N with tert-alkyl or cyclic N) is 2. The Labute approximate surface area is 114 Å². The van der Waals surface area contributed by atoms with E-state index in [1.165, 1.54) is 17.4 Å². The number of aromatic carboxylic acids is 1. The number of carbonyl (C=O) groups excluding carboxylic acids is 1. The molecular weight excluding hydrogens is 268 g/mol. The summed E-state index contributed by atoms with van der Waals surface area (Å²) in [4.78, 5) is 27.4. The summed E-state index contributed by atoms with van der Waals surface area (Å²) in [6.45, 7) is 0.865. The Morgan fingerprint density at radius 2 is 2.00 bits per heavy atom. The van der Waals surface area contributed by atoms with Crippen molar-refractivity contribution < 1.29 is 24.9 Å². The lowest BCUT2D eigenvalue weighted by atomic mass is 10.3. The van der Waals surface area contributed by atoms with Crippen LogP contribution in [0.1, 0.15) is 10.5 Å². The monoisotopic (exact) mass is 284 g/mol. The first-order valence-corrected chi connectivity index (χ1v) is 6.11. The molecule has 1 aromatic rings. The molecule has 0 radical (unpaired) electrons. The quantitative estimate of drug-likeness (QED) is 0.523. The Kier molecular flexibility index (Phi) is 4.20. The van der Waals surface area contributed by atoms with Crippen molar-refractivity contribution in [1.82, 2.24) is 19.8 Å². The number of aromatic nitrogens is 2. The number of nitrogens with one attached hydrogen (secondary N) is 1. The third kappa shape index (κ3) is 3.25. The topological polar surface area (TPSA) is 128 Å². The van der Waals surface area contributed by atoms with E-state index < -0.39 is 18.2 Å². The molecule has 110 valence electrons. The van der Waals surface area contributed by atoms with E-state index in [1.54, 1.807) is 4.57 Å². The van der Waals surface area contributed by atoms with Gasteiger partial charge >= 0.3 is 12.0 Å². The number of aliphatic hydroxyl groups excluding tert-OH is 2. The van der Waals surface area contributed by atoms with Crippen molar-refractivity contribution in [3.63, 3.8) is 0 Å². The number of hydrogen-bond acceptors (Lipinski definition) is 5. The van der Waals surface area contributed by atoms with E-state index in [2.05, 4.69) is 10.3 Å². The molecule has 2 amide bonds. The summed E-state index contributed by atoms with van der Waals surface area (Å²) in [5.41, 5.74) is -0.0536. The minimum Gasteiger partial charge on any atom is -0.476 e. The lowest BCUT2D eigenvalue weighted by Gasteiger charge is -2.16. The van der Waals surface area contributed by atoms with Crippen LogP contribution in [0.25, 0.3) is 0 Å². The van der Waals surface area contributed by atoms with Crippen molar-refractivity contribution in [2.24, 2.45) is 0 Å². The molecule has 2 atom stereocenters. The number of hydrogen-bond donors (Lipinski definition) is 4. The first-order valence-electron chi connectivity index (χ1n) is 6.11. The zero-order chi connectivity index (χ0) is 14.7. The van der Waals surface area contributed by atoms with Gasteiger partial charge in [-0.15, -0.1) is 0 Å². The van der Waals surface area contributed by atoms with Crippen LogP contribution in [0.5, 0.6) is 0 Å². The fourth-order valence-electron chi connectivity index (χ4n) is 1.93. The molecule has 2 unspecified atom stereocenters. The van der Waals surface area contributed by atoms with Crippen molar-refractivity contribution in [1.29, 1.82) is 0 Å². The number of imidazole rings is 1. The van der Waals surface area contributed by atoms with E-state index >= 15 is 0 Å². The molecule has 0 saturated carbocycles. The molecule has 9 heteroatoms. The molecule has 20 heavy (non-hydrogen) atoms. The van der Waals surface area contributed by atoms with Gasteiger partial charge in [0.2, 0.25) is 0 Å². The summed E-state index contributed by atoms with van der Waals surface area (Å²) < 4.78 is 1.55. The van der Waals surface area contributed by atoms with E-state index in [4.69, 9.17) is 5.11 Å². The standard InChI is InChI=1S/C11H16N4O5/c16-8-4-15(5-9(8)17)11(20)12-1-2-14-3-7(10(18)19)13-6-14/h3,6,8-9,16-17H,1-2,4-5H2,(H,12,20)(H,18,19). The minimum atomic E-state index is -1.10. The van der Waals surface area contributed by atoms with E-state index in [1.807, 2.05) is 0 Å². The van der Waals surface area contributed by atoms with Gasteiger partial charge in [0.25, 0.3) is 0 Å². The number of aliphatic hydroxyl groups is 2. The van der Waals surface area contributed by atoms with E-state index in [0.29, 0.717) is 6.54 Å². The highest BCUT2D eigenvalue weighted by atomic mass is 16.4. The normalized spacial score (nSPS) is 22.0. The third-order valence-electron chi connectivity index (χ3n) is 3.04. The lowest BCUT2D eigenvalue weighted by Crippen LogP contribution is -2.40. The van der Waals surface area contributed by atoms with Gasteiger partial charge in [-0.05, 0) is 0 Å². The van der Waals surface area contributed by atoms with Crippen molar-refractivity contribution in [3.8, 4) is 0 Å². The Morgan fingerprint density at radius 1 is 1.35 bits per heavy atom. The first kappa shape index (κ1) is 14.3. The van der Waals surface area contributed by atoms with Crippen LogP contribution in [-0.2, 0) is 6.54 Å². The fourth-order valence-corrected chi connectivity index (χ4v) is 1.93. The number of likely N-dealkylation sites (tertiary alicyclic amines) is 1. The van der Waals surface area contributed by atoms with Crippen molar-refractivity contribution in [3.05, 3.63) is 18.2 Å². The highest BCUT2D eigenvalue weighted by Gasteiger charge is 2.32. The zero-order valence-electron chi connectivity index (χ0n) is 10.6. The van der Waals surface area contributed by atoms with Gasteiger partial charge in [0, 0.05) is 19.3 Å². The molecule has 1 aliphatic heterocycles. The van der Waals surface area contributed by atoms with E-state index in [9.17, 15) is 19.8 Å². The number of carboxylic acid groups (broad SMARTS) is 1. The number of carboxylic acids is 1. The molecule has 0 spiro atoms. The van der Waals surface area contributed by atoms with Crippen LogP contribution in [0.2, 0.25) is 0 Å². The summed E-state index contributed by atoms with van der Waals surface area (Å²) in [5.74, 6) is -1.10. The van der Waals surface area contributed by atoms with Crippen LogP contribution in [0.3, 0.4) is 0 Å². The second kappa shape index (κ2) is 5.88. The second-order valence-electron chi connectivity index (χ2n) is 4.57. The number of amides is 2. The molecule has 0 bridgehead atoms. The van der Waals surface area contributed by atoms with Gasteiger partial charge in [-0.25, -0.2) is 14.6 Å². The molecule has 2 rings (SSSR count). The Morgan fingerprint density at radius 3 is 2.55 bits per heavy atom. The summed E-state index contributed by atoms with van der Waals surface area (Å²) in [7, 11) is 0. The highest BCUT2D eigenvalue weighted by Crippen LogP contribution is 2.09. The lowest BCUT2D eigenvalue weighted by molar-refractivity contribution is 0.0572. The molecule has 4 N–H and O–H groups in total. The Bertz CT molecular complexity index is 493. The van der Waals surface area contributed by atoms with E-state index in [-0.39, 0.29) is 31.4 Å². The van der Waals surface area contributed by atoms with Gasteiger partial charge in [-0.1, -0.05) is 0 Å². The smallest absolute Gasteiger partial charge is 0.356 e. The van der Waals surface area contributed by atoms with Gasteiger partial charge in [0.15, 0.2) is 5.69 Å². The molecule has 1 aliphatic rings. The largest absolute Gasteiger partial charge is 0.476 e. The molecule has 1 fully saturated rings. The number of nitrogens with zero attached hydrogens (tertiary/aromatic N) is 3. The van der Waals surface area contributed by atoms with Gasteiger partial charge in [-0.2, -0.15) is 0 Å². The SMILES string of the molecule is O=C(O)c1cn(CCNC(=O)N2CC(O)C(O)C2)cn1. The van der Waals surface area contributed by atoms with Gasteiger partial charge in [0.1, 0.15) is 0 Å². The predicted octanol–water partition coefficient (Wildman–Crippen LogP) is -1.67. The summed E-state index contributed by atoms with van der Waals surface area (Å²) >= 11 is 0. The molecule has 9 nitrogen and oxygen atoms in total. The third-order valence-corrected chi connectivity index (χ3v) is 3.04. The number of carbonyl (C=O) groups is 2. The summed E-state index contributed by atoms with van der Waals surface area (Å²) in [6.07, 6.45) is 0.927. The molecule has 0 aromatic carbocycles. The van der Waals surface area contributed by atoms with Crippen LogP contribution in [0.4, 0.5) is 4.79 Å². The van der Waals surface area contributed by atoms with Crippen LogP contribution in [0, 0.1) is 0 Å². The maximum absolute atomic E-state index is 11.7. The number of rotatable bonds is 4. The predicted molar refractivity (Wildman–Crippen MR) is 66.2 cm³/mol. The van der Waals surface area contributed by atoms with Crippen molar-refractivity contribution in [2.75, 3.05) is 19.6 Å². The average molecular weight is 284 g/mol. The fraction of sp³-hybridized carbons (Fsp3) is 0.545. The van der Waals surface area contributed by atoms with Crippen LogP contribution >= 0.6 is 0 Å². The summed E-state index contributed by atoms with van der Waals surface area (Å²) in [5, 5.41) is 30.0. The molecule has 0 aliphatic carbocycles. The van der Waals surface area contributed by atoms with Gasteiger partial charge in [-0.3, -0.25) is 0 Å². The molecular formula is C11H16N4O5. The average Bonchev–Trinajstić information content (AvgIpc) is 2.98. The molecule has 2 heterocycles. The van der Waals surface area contributed by atoms with Gasteiger partial charge in [0.05, 0.1) is 31.6 Å². The highest BCUT2D eigenvalue weighted by molar-refractivity contribution is 5.84. The van der Waals surface area contributed by atoms with Crippen LogP contribution in [0.15, 0.2) is 12.5 Å². The Hall–Kier alpha value is -2.13. The van der Waals surface area contributed by atoms with Crippen LogP contribution in [-0.4, -0.2) is 73.6 Å². The van der Waals surface area contributed by atoms with Crippen molar-refractivity contribution >= 4 is 12.0 Å². The van der Waals surface area contributed by atoms with Crippen LogP contribution < -0.4 is 5.32 Å². The minimum absolute atomic E-state index is 0.0536. The summed E-state index contributed by atoms with van der Waals surface area (Å²) in [6, 6.07) is -0.376. The maximum Gasteiger partial charge on any atom is 0.356 e. The first-order chi connectivity index (χ1) is 9.47. The second-order valence-corrected chi connectivity index (χ2v) is 4.57. The number of urea groups is 1.